The van der Waals surface area contributed by atoms with Crippen LogP contribution in [0.1, 0.15) is 28.5 Å². The van der Waals surface area contributed by atoms with Crippen LogP contribution < -0.4 is 15.0 Å². The standard InChI is InChI=1S/C27H26N4O4/c1-18-7-4-5-8-19(18)16-28-26(33)27(2)17-30-23(15-22(29-30)24-9-6-14-35-24)25(32)31(27)20-10-12-21(34-3)13-11-20/h4-15H,16-17H2,1-3H3,(H,28,33)/t27-/m0/s1. The molecular weight excluding hydrogens is 444 g/mol. The van der Waals surface area contributed by atoms with E-state index in [0.717, 1.165) is 11.1 Å². The van der Waals surface area contributed by atoms with E-state index in [1.807, 2.05) is 31.2 Å². The lowest BCUT2D eigenvalue weighted by Gasteiger charge is -2.43. The third kappa shape index (κ3) is 3.97. The summed E-state index contributed by atoms with van der Waals surface area (Å²) in [6.45, 7) is 4.30. The largest absolute Gasteiger partial charge is 0.497 e. The number of amides is 2. The molecule has 2 aromatic carbocycles. The molecule has 35 heavy (non-hydrogen) atoms. The van der Waals surface area contributed by atoms with Crippen molar-refractivity contribution in [2.75, 3.05) is 12.0 Å². The van der Waals surface area contributed by atoms with Crippen molar-refractivity contribution in [2.24, 2.45) is 0 Å². The molecule has 0 unspecified atom stereocenters. The topological polar surface area (TPSA) is 89.6 Å². The Labute approximate surface area is 203 Å². The zero-order valence-electron chi connectivity index (χ0n) is 19.8. The number of ether oxygens (including phenoxy) is 1. The van der Waals surface area contributed by atoms with Gasteiger partial charge in [0.15, 0.2) is 5.76 Å². The smallest absolute Gasteiger partial charge is 0.277 e. The van der Waals surface area contributed by atoms with Gasteiger partial charge in [-0.3, -0.25) is 19.2 Å². The van der Waals surface area contributed by atoms with Gasteiger partial charge < -0.3 is 14.5 Å². The van der Waals surface area contributed by atoms with Gasteiger partial charge in [0, 0.05) is 18.3 Å². The fourth-order valence-electron chi connectivity index (χ4n) is 4.44. The maximum absolute atomic E-state index is 13.8. The Balaban J connectivity index is 1.53. The third-order valence-electron chi connectivity index (χ3n) is 6.45. The summed E-state index contributed by atoms with van der Waals surface area (Å²) in [7, 11) is 1.58. The zero-order chi connectivity index (χ0) is 24.6. The lowest BCUT2D eigenvalue weighted by atomic mass is 9.93. The van der Waals surface area contributed by atoms with Crippen molar-refractivity contribution in [3.63, 3.8) is 0 Å². The Morgan fingerprint density at radius 1 is 1.14 bits per heavy atom. The molecule has 1 aliphatic rings. The first-order valence-corrected chi connectivity index (χ1v) is 11.3. The van der Waals surface area contributed by atoms with Crippen LogP contribution in [0.5, 0.6) is 5.75 Å². The number of nitrogens with zero attached hydrogens (tertiary/aromatic N) is 3. The number of hydrogen-bond acceptors (Lipinski definition) is 5. The molecule has 2 aromatic heterocycles. The van der Waals surface area contributed by atoms with Crippen LogP contribution in [-0.2, 0) is 17.9 Å². The molecular formula is C27H26N4O4. The summed E-state index contributed by atoms with van der Waals surface area (Å²) in [6, 6.07) is 20.2. The van der Waals surface area contributed by atoms with E-state index >= 15 is 0 Å². The zero-order valence-corrected chi connectivity index (χ0v) is 19.8. The van der Waals surface area contributed by atoms with Crippen LogP contribution in [-0.4, -0.2) is 34.2 Å². The number of benzene rings is 2. The van der Waals surface area contributed by atoms with Crippen LogP contribution in [0, 0.1) is 6.92 Å². The molecule has 0 bridgehead atoms. The van der Waals surface area contributed by atoms with Crippen LogP contribution in [0.3, 0.4) is 0 Å². The normalized spacial score (nSPS) is 17.2. The van der Waals surface area contributed by atoms with Gasteiger partial charge in [-0.2, -0.15) is 5.10 Å². The van der Waals surface area contributed by atoms with E-state index < -0.39 is 5.54 Å². The molecule has 2 amide bonds. The summed E-state index contributed by atoms with van der Waals surface area (Å²) in [5.74, 6) is 0.626. The minimum atomic E-state index is -1.23. The number of nitrogens with one attached hydrogen (secondary N) is 1. The molecule has 5 rings (SSSR count). The summed E-state index contributed by atoms with van der Waals surface area (Å²) in [5, 5.41) is 7.63. The molecule has 1 atom stereocenters. The van der Waals surface area contributed by atoms with Crippen molar-refractivity contribution in [3.8, 4) is 17.2 Å². The van der Waals surface area contributed by atoms with E-state index in [-0.39, 0.29) is 18.4 Å². The maximum Gasteiger partial charge on any atom is 0.277 e. The lowest BCUT2D eigenvalue weighted by Crippen LogP contribution is -2.64. The van der Waals surface area contributed by atoms with Gasteiger partial charge in [-0.25, -0.2) is 0 Å². The van der Waals surface area contributed by atoms with Gasteiger partial charge in [0.05, 0.1) is 19.9 Å². The number of furan rings is 1. The summed E-state index contributed by atoms with van der Waals surface area (Å²) < 4.78 is 12.3. The van der Waals surface area contributed by atoms with E-state index in [1.165, 1.54) is 0 Å². The highest BCUT2D eigenvalue weighted by molar-refractivity contribution is 6.12. The second-order valence-electron chi connectivity index (χ2n) is 8.77. The number of aryl methyl sites for hydroxylation is 1. The molecule has 3 heterocycles. The molecule has 8 nitrogen and oxygen atoms in total. The minimum absolute atomic E-state index is 0.181. The number of methoxy groups -OCH3 is 1. The van der Waals surface area contributed by atoms with Gasteiger partial charge in [-0.05, 0) is 61.4 Å². The van der Waals surface area contributed by atoms with Gasteiger partial charge in [0.2, 0.25) is 5.91 Å². The Morgan fingerprint density at radius 2 is 1.91 bits per heavy atom. The van der Waals surface area contributed by atoms with Crippen molar-refractivity contribution in [3.05, 3.63) is 89.8 Å². The Kier molecular flexibility index (Phi) is 5.64. The van der Waals surface area contributed by atoms with E-state index in [0.29, 0.717) is 35.1 Å². The molecule has 0 saturated heterocycles. The van der Waals surface area contributed by atoms with Crippen LogP contribution in [0.15, 0.2) is 77.4 Å². The molecule has 0 radical (unpaired) electrons. The summed E-state index contributed by atoms with van der Waals surface area (Å²) in [4.78, 5) is 29.1. The predicted molar refractivity (Wildman–Crippen MR) is 131 cm³/mol. The average Bonchev–Trinajstić information content (AvgIpc) is 3.54. The molecule has 0 fully saturated rings. The van der Waals surface area contributed by atoms with Gasteiger partial charge in [-0.1, -0.05) is 24.3 Å². The predicted octanol–water partition coefficient (Wildman–Crippen LogP) is 4.20. The maximum atomic E-state index is 13.8. The van der Waals surface area contributed by atoms with Crippen molar-refractivity contribution in [1.29, 1.82) is 0 Å². The van der Waals surface area contributed by atoms with Crippen LogP contribution in [0.4, 0.5) is 5.69 Å². The van der Waals surface area contributed by atoms with Crippen LogP contribution in [0.25, 0.3) is 11.5 Å². The molecule has 8 heteroatoms. The highest BCUT2D eigenvalue weighted by atomic mass is 16.5. The van der Waals surface area contributed by atoms with E-state index in [4.69, 9.17) is 9.15 Å². The van der Waals surface area contributed by atoms with Gasteiger partial charge >= 0.3 is 0 Å². The number of anilines is 1. The molecule has 1 aliphatic heterocycles. The van der Waals surface area contributed by atoms with Gasteiger partial charge in [-0.15, -0.1) is 0 Å². The van der Waals surface area contributed by atoms with Crippen molar-refractivity contribution in [2.45, 2.75) is 32.5 Å². The quantitative estimate of drug-likeness (QED) is 0.456. The van der Waals surface area contributed by atoms with Gasteiger partial charge in [0.1, 0.15) is 22.7 Å². The monoisotopic (exact) mass is 470 g/mol. The number of aromatic nitrogens is 2. The first-order chi connectivity index (χ1) is 16.9. The number of fused-ring (bicyclic) bond motifs is 1. The minimum Gasteiger partial charge on any atom is -0.497 e. The second-order valence-corrected chi connectivity index (χ2v) is 8.77. The Bertz CT molecular complexity index is 1370. The van der Waals surface area contributed by atoms with Crippen molar-refractivity contribution < 1.29 is 18.7 Å². The second kappa shape index (κ2) is 8.79. The SMILES string of the molecule is COc1ccc(N2C(=O)c3cc(-c4ccco4)nn3C[C@@]2(C)C(=O)NCc2ccccc2C)cc1. The summed E-state index contributed by atoms with van der Waals surface area (Å²) >= 11 is 0. The van der Waals surface area contributed by atoms with Crippen LogP contribution >= 0.6 is 0 Å². The molecule has 1 N–H and O–H groups in total. The Hall–Kier alpha value is -4.33. The van der Waals surface area contributed by atoms with Gasteiger partial charge in [0.25, 0.3) is 5.91 Å². The van der Waals surface area contributed by atoms with E-state index in [9.17, 15) is 9.59 Å². The summed E-state index contributed by atoms with van der Waals surface area (Å²) in [6.07, 6.45) is 1.56. The number of rotatable bonds is 6. The first kappa shape index (κ1) is 22.5. The number of carbonyl (C=O) groups excluding carboxylic acids is 2. The lowest BCUT2D eigenvalue weighted by molar-refractivity contribution is -0.126. The van der Waals surface area contributed by atoms with E-state index in [2.05, 4.69) is 10.4 Å². The third-order valence-corrected chi connectivity index (χ3v) is 6.45. The van der Waals surface area contributed by atoms with Crippen molar-refractivity contribution in [1.82, 2.24) is 15.1 Å². The van der Waals surface area contributed by atoms with E-state index in [1.54, 1.807) is 72.3 Å². The highest BCUT2D eigenvalue weighted by Gasteiger charge is 2.49. The fourth-order valence-corrected chi connectivity index (χ4v) is 4.44. The number of carbonyl (C=O) groups is 2. The first-order valence-electron chi connectivity index (χ1n) is 11.3. The van der Waals surface area contributed by atoms with Crippen molar-refractivity contribution >= 4 is 17.5 Å². The molecule has 178 valence electrons. The van der Waals surface area contributed by atoms with Crippen LogP contribution in [0.2, 0.25) is 0 Å². The molecule has 4 aromatic rings. The Morgan fingerprint density at radius 3 is 2.60 bits per heavy atom. The number of hydrogen-bond donors (Lipinski definition) is 1. The average molecular weight is 471 g/mol. The molecule has 0 saturated carbocycles. The summed E-state index contributed by atoms with van der Waals surface area (Å²) in [5.41, 5.74) is 2.39. The molecule has 0 aliphatic carbocycles. The fraction of sp³-hybridized carbons (Fsp3) is 0.222. The highest BCUT2D eigenvalue weighted by Crippen LogP contribution is 2.35. The molecule has 0 spiro atoms.